The molecule has 1 aromatic heterocycles. The molecule has 8 nitrogen and oxygen atoms in total. The van der Waals surface area contributed by atoms with Gasteiger partial charge >= 0.3 is 6.09 Å². The number of sulfonamides is 1. The van der Waals surface area contributed by atoms with Gasteiger partial charge in [0.2, 0.25) is 0 Å². The van der Waals surface area contributed by atoms with E-state index in [-0.39, 0.29) is 16.6 Å². The van der Waals surface area contributed by atoms with E-state index in [1.165, 1.54) is 6.07 Å². The summed E-state index contributed by atoms with van der Waals surface area (Å²) in [4.78, 5) is 17.0. The zero-order valence-corrected chi connectivity index (χ0v) is 15.4. The third-order valence-corrected chi connectivity index (χ3v) is 5.41. The van der Waals surface area contributed by atoms with Crippen molar-refractivity contribution in [1.29, 1.82) is 0 Å². The highest BCUT2D eigenvalue weighted by Gasteiger charge is 2.41. The Kier molecular flexibility index (Phi) is 5.89. The van der Waals surface area contributed by atoms with Crippen LogP contribution in [-0.4, -0.2) is 47.6 Å². The molecule has 1 aliphatic rings. The van der Waals surface area contributed by atoms with Crippen LogP contribution in [0.3, 0.4) is 0 Å². The first-order valence-electron chi connectivity index (χ1n) is 8.37. The molecule has 2 heterocycles. The van der Waals surface area contributed by atoms with Crippen molar-refractivity contribution in [1.82, 2.24) is 9.88 Å². The van der Waals surface area contributed by atoms with Gasteiger partial charge in [-0.05, 0) is 58.1 Å². The molecule has 0 radical (unpaired) electrons. The number of rotatable bonds is 7. The van der Waals surface area contributed by atoms with Gasteiger partial charge in [-0.25, -0.2) is 23.3 Å². The van der Waals surface area contributed by atoms with E-state index in [1.807, 2.05) is 13.8 Å². The number of nitrogens with one attached hydrogen (secondary N) is 1. The van der Waals surface area contributed by atoms with Gasteiger partial charge in [-0.2, -0.15) is 0 Å². The number of hydrogen-bond donors (Lipinski definition) is 3. The van der Waals surface area contributed by atoms with E-state index < -0.39 is 16.1 Å². The van der Waals surface area contributed by atoms with E-state index in [9.17, 15) is 18.3 Å². The molecule has 0 saturated carbocycles. The van der Waals surface area contributed by atoms with E-state index in [0.717, 1.165) is 32.1 Å². The Hall–Kier alpha value is -1.87. The fourth-order valence-corrected chi connectivity index (χ4v) is 3.84. The van der Waals surface area contributed by atoms with Gasteiger partial charge in [0.15, 0.2) is 5.03 Å². The number of nitrogens with zero attached hydrogens (tertiary/aromatic N) is 2. The van der Waals surface area contributed by atoms with E-state index in [0.29, 0.717) is 12.4 Å². The average molecular weight is 370 g/mol. The molecule has 0 unspecified atom stereocenters. The van der Waals surface area contributed by atoms with Gasteiger partial charge in [0, 0.05) is 18.1 Å². The topological polar surface area (TPSA) is 126 Å². The minimum absolute atomic E-state index is 0.0661. The van der Waals surface area contributed by atoms with Crippen LogP contribution in [0.15, 0.2) is 23.2 Å². The number of carbonyl (C=O) groups is 1. The molecule has 0 aromatic carbocycles. The molecule has 4 N–H and O–H groups in total. The third kappa shape index (κ3) is 5.05. The highest BCUT2D eigenvalue weighted by Crippen LogP contribution is 2.35. The van der Waals surface area contributed by atoms with Crippen molar-refractivity contribution in [2.24, 2.45) is 5.14 Å². The first kappa shape index (κ1) is 19.5. The van der Waals surface area contributed by atoms with Gasteiger partial charge < -0.3 is 15.3 Å². The molecule has 25 heavy (non-hydrogen) atoms. The van der Waals surface area contributed by atoms with Gasteiger partial charge in [0.05, 0.1) is 0 Å². The summed E-state index contributed by atoms with van der Waals surface area (Å²) in [5.74, 6) is 0.459. The molecule has 140 valence electrons. The van der Waals surface area contributed by atoms with Crippen LogP contribution in [0, 0.1) is 0 Å². The van der Waals surface area contributed by atoms with Gasteiger partial charge in [-0.15, -0.1) is 0 Å². The molecule has 0 bridgehead atoms. The van der Waals surface area contributed by atoms with Crippen LogP contribution >= 0.6 is 0 Å². The largest absolute Gasteiger partial charge is 0.465 e. The minimum Gasteiger partial charge on any atom is -0.465 e. The Bertz CT molecular complexity index is 721. The van der Waals surface area contributed by atoms with E-state index >= 15 is 0 Å². The predicted octanol–water partition coefficient (Wildman–Crippen LogP) is 2.23. The van der Waals surface area contributed by atoms with Gasteiger partial charge in [-0.1, -0.05) is 6.07 Å². The highest BCUT2D eigenvalue weighted by molar-refractivity contribution is 7.89. The maximum absolute atomic E-state index is 11.5. The predicted molar refractivity (Wildman–Crippen MR) is 94.9 cm³/mol. The van der Waals surface area contributed by atoms with Crippen molar-refractivity contribution in [2.45, 2.75) is 62.6 Å². The maximum atomic E-state index is 11.5. The Balaban J connectivity index is 1.78. The van der Waals surface area contributed by atoms with Gasteiger partial charge in [-0.3, -0.25) is 0 Å². The lowest BCUT2D eigenvalue weighted by molar-refractivity contribution is 0.0932. The fourth-order valence-electron chi connectivity index (χ4n) is 3.35. The van der Waals surface area contributed by atoms with E-state index in [4.69, 9.17) is 5.14 Å². The normalized spacial score (nSPS) is 19.8. The summed E-state index contributed by atoms with van der Waals surface area (Å²) in [6.45, 7) is 4.56. The van der Waals surface area contributed by atoms with Crippen molar-refractivity contribution in [3.63, 3.8) is 0 Å². The number of likely N-dealkylation sites (tertiary alicyclic amines) is 1. The van der Waals surface area contributed by atoms with Crippen LogP contribution in [-0.2, 0) is 10.0 Å². The fraction of sp³-hybridized carbons (Fsp3) is 0.625. The second-order valence-electron chi connectivity index (χ2n) is 6.99. The van der Waals surface area contributed by atoms with Crippen LogP contribution in [0.25, 0.3) is 0 Å². The van der Waals surface area contributed by atoms with Crippen LogP contribution in [0.2, 0.25) is 0 Å². The van der Waals surface area contributed by atoms with Crippen LogP contribution in [0.5, 0.6) is 0 Å². The summed E-state index contributed by atoms with van der Waals surface area (Å²) in [5.41, 5.74) is -0.299. The van der Waals surface area contributed by atoms with Crippen molar-refractivity contribution in [3.05, 3.63) is 18.2 Å². The average Bonchev–Trinajstić information content (AvgIpc) is 2.81. The minimum atomic E-state index is -3.81. The first-order chi connectivity index (χ1) is 11.6. The summed E-state index contributed by atoms with van der Waals surface area (Å²) < 4.78 is 22.6. The summed E-state index contributed by atoms with van der Waals surface area (Å²) in [6.07, 6.45) is 3.46. The molecule has 1 aliphatic heterocycles. The molecule has 1 atom stereocenters. The standard InChI is InChI=1S/C16H26N4O4S/c1-16(2)10-9-12(20(16)15(21)22)6-3-4-11-18-13-7-5-8-14(19-13)25(17,23)24/h5,7-8,12H,3-4,6,9-11H2,1-2H3,(H,18,19)(H,21,22)(H2,17,23,24)/t12-/m0/s1. The van der Waals surface area contributed by atoms with Gasteiger partial charge in [0.25, 0.3) is 10.0 Å². The quantitative estimate of drug-likeness (QED) is 0.632. The Labute approximate surface area is 148 Å². The molecule has 9 heteroatoms. The highest BCUT2D eigenvalue weighted by atomic mass is 32.2. The van der Waals surface area contributed by atoms with E-state index in [2.05, 4.69) is 10.3 Å². The Morgan fingerprint density at radius 3 is 2.80 bits per heavy atom. The van der Waals surface area contributed by atoms with Crippen molar-refractivity contribution in [3.8, 4) is 0 Å². The summed E-state index contributed by atoms with van der Waals surface area (Å²) >= 11 is 0. The van der Waals surface area contributed by atoms with Crippen LogP contribution < -0.4 is 10.5 Å². The number of amides is 1. The monoisotopic (exact) mass is 370 g/mol. The molecule has 1 amide bonds. The van der Waals surface area contributed by atoms with Crippen molar-refractivity contribution < 1.29 is 18.3 Å². The van der Waals surface area contributed by atoms with Gasteiger partial charge in [0.1, 0.15) is 5.82 Å². The molecule has 1 saturated heterocycles. The molecular weight excluding hydrogens is 344 g/mol. The summed E-state index contributed by atoms with van der Waals surface area (Å²) in [6, 6.07) is 4.68. The second-order valence-corrected chi connectivity index (χ2v) is 8.49. The lowest BCUT2D eigenvalue weighted by Gasteiger charge is -2.33. The molecule has 1 aromatic rings. The molecule has 0 aliphatic carbocycles. The Morgan fingerprint density at radius 1 is 1.44 bits per heavy atom. The molecular formula is C16H26N4O4S. The zero-order chi connectivity index (χ0) is 18.7. The summed E-state index contributed by atoms with van der Waals surface area (Å²) in [5, 5.41) is 17.4. The lowest BCUT2D eigenvalue weighted by atomic mass is 10.0. The number of aromatic nitrogens is 1. The number of carboxylic acid groups (broad SMARTS) is 1. The number of nitrogens with two attached hydrogens (primary N) is 1. The molecule has 0 spiro atoms. The maximum Gasteiger partial charge on any atom is 0.407 e. The van der Waals surface area contributed by atoms with Crippen molar-refractivity contribution in [2.75, 3.05) is 11.9 Å². The third-order valence-electron chi connectivity index (χ3n) is 4.60. The number of pyridine rings is 1. The number of unbranched alkanes of at least 4 members (excludes halogenated alkanes) is 1. The van der Waals surface area contributed by atoms with E-state index in [1.54, 1.807) is 17.0 Å². The molecule has 2 rings (SSSR count). The van der Waals surface area contributed by atoms with Crippen LogP contribution in [0.1, 0.15) is 46.0 Å². The Morgan fingerprint density at radius 2 is 2.16 bits per heavy atom. The van der Waals surface area contributed by atoms with Crippen molar-refractivity contribution >= 4 is 21.9 Å². The SMILES string of the molecule is CC1(C)CC[C@H](CCCCNc2cccc(S(N)(=O)=O)n2)N1C(=O)O. The number of primary sulfonamides is 1. The number of anilines is 1. The summed E-state index contributed by atoms with van der Waals surface area (Å²) in [7, 11) is -3.81. The molecule has 1 fully saturated rings. The lowest BCUT2D eigenvalue weighted by Crippen LogP contribution is -2.46. The smallest absolute Gasteiger partial charge is 0.407 e. The zero-order valence-electron chi connectivity index (χ0n) is 14.6. The number of hydrogen-bond acceptors (Lipinski definition) is 5. The first-order valence-corrected chi connectivity index (χ1v) is 9.92. The second kappa shape index (κ2) is 7.57. The van der Waals surface area contributed by atoms with Crippen LogP contribution in [0.4, 0.5) is 10.6 Å².